The number of benzene rings is 1. The first-order valence-corrected chi connectivity index (χ1v) is 7.00. The Labute approximate surface area is 129 Å². The highest BCUT2D eigenvalue weighted by Crippen LogP contribution is 2.23. The van der Waals surface area contributed by atoms with Crippen LogP contribution in [0.3, 0.4) is 0 Å². The van der Waals surface area contributed by atoms with Crippen LogP contribution >= 0.6 is 15.9 Å². The van der Waals surface area contributed by atoms with Crippen molar-refractivity contribution >= 4 is 33.5 Å². The standard InChI is InChI=1S/C14H14BrN3O3/c1-8-5-9(2)18(17-8)7-13(19)16-12-4-3-10(14(20)21)6-11(12)15/h3-6H,7H2,1-2H3,(H,16,19)(H,20,21). The van der Waals surface area contributed by atoms with Crippen LogP contribution in [0.4, 0.5) is 5.69 Å². The van der Waals surface area contributed by atoms with Gasteiger partial charge < -0.3 is 10.4 Å². The first-order chi connectivity index (χ1) is 9.86. The number of hydrogen-bond donors (Lipinski definition) is 2. The van der Waals surface area contributed by atoms with Gasteiger partial charge in [0.1, 0.15) is 6.54 Å². The van der Waals surface area contributed by atoms with Crippen molar-refractivity contribution in [2.24, 2.45) is 0 Å². The third-order valence-electron chi connectivity index (χ3n) is 2.89. The van der Waals surface area contributed by atoms with Crippen molar-refractivity contribution in [3.8, 4) is 0 Å². The van der Waals surface area contributed by atoms with Crippen LogP contribution in [0.15, 0.2) is 28.7 Å². The molecule has 0 saturated carbocycles. The molecule has 0 spiro atoms. The Morgan fingerprint density at radius 3 is 2.57 bits per heavy atom. The highest BCUT2D eigenvalue weighted by molar-refractivity contribution is 9.10. The van der Waals surface area contributed by atoms with E-state index in [-0.39, 0.29) is 18.0 Å². The maximum Gasteiger partial charge on any atom is 0.335 e. The summed E-state index contributed by atoms with van der Waals surface area (Å²) < 4.78 is 2.13. The minimum atomic E-state index is -1.02. The lowest BCUT2D eigenvalue weighted by atomic mass is 10.2. The first kappa shape index (κ1) is 15.2. The fourth-order valence-electron chi connectivity index (χ4n) is 1.91. The number of amides is 1. The minimum Gasteiger partial charge on any atom is -0.478 e. The molecule has 0 aliphatic carbocycles. The summed E-state index contributed by atoms with van der Waals surface area (Å²) in [6.07, 6.45) is 0. The number of anilines is 1. The van der Waals surface area contributed by atoms with Crippen LogP contribution in [0.5, 0.6) is 0 Å². The summed E-state index contributed by atoms with van der Waals surface area (Å²) in [5.41, 5.74) is 2.43. The number of nitrogens with zero attached hydrogens (tertiary/aromatic N) is 2. The molecular weight excluding hydrogens is 338 g/mol. The molecule has 0 fully saturated rings. The summed E-state index contributed by atoms with van der Waals surface area (Å²) in [5, 5.41) is 15.8. The molecule has 1 aromatic heterocycles. The summed E-state index contributed by atoms with van der Waals surface area (Å²) in [7, 11) is 0. The van der Waals surface area contributed by atoms with Crippen molar-refractivity contribution in [3.05, 3.63) is 45.7 Å². The lowest BCUT2D eigenvalue weighted by molar-refractivity contribution is -0.116. The first-order valence-electron chi connectivity index (χ1n) is 6.20. The quantitative estimate of drug-likeness (QED) is 0.886. The van der Waals surface area contributed by atoms with Gasteiger partial charge in [-0.2, -0.15) is 5.10 Å². The molecule has 0 atom stereocenters. The van der Waals surface area contributed by atoms with E-state index < -0.39 is 5.97 Å². The van der Waals surface area contributed by atoms with Gasteiger partial charge in [-0.1, -0.05) is 0 Å². The second-order valence-corrected chi connectivity index (χ2v) is 5.49. The highest BCUT2D eigenvalue weighted by Gasteiger charge is 2.11. The zero-order valence-corrected chi connectivity index (χ0v) is 13.1. The van der Waals surface area contributed by atoms with Gasteiger partial charge >= 0.3 is 5.97 Å². The second kappa shape index (κ2) is 6.09. The smallest absolute Gasteiger partial charge is 0.335 e. The fourth-order valence-corrected chi connectivity index (χ4v) is 2.39. The molecule has 6 nitrogen and oxygen atoms in total. The van der Waals surface area contributed by atoms with Gasteiger partial charge in [0.25, 0.3) is 0 Å². The van der Waals surface area contributed by atoms with Crippen LogP contribution < -0.4 is 5.32 Å². The van der Waals surface area contributed by atoms with E-state index in [0.717, 1.165) is 11.4 Å². The molecule has 0 aliphatic heterocycles. The predicted octanol–water partition coefficient (Wildman–Crippen LogP) is 2.60. The van der Waals surface area contributed by atoms with Gasteiger partial charge in [-0.05, 0) is 54.0 Å². The van der Waals surface area contributed by atoms with Crippen molar-refractivity contribution in [1.29, 1.82) is 0 Å². The molecule has 1 heterocycles. The fraction of sp³-hybridized carbons (Fsp3) is 0.214. The van der Waals surface area contributed by atoms with Crippen molar-refractivity contribution in [1.82, 2.24) is 9.78 Å². The molecule has 7 heteroatoms. The molecule has 2 aromatic rings. The van der Waals surface area contributed by atoms with E-state index in [2.05, 4.69) is 26.3 Å². The molecule has 0 bridgehead atoms. The van der Waals surface area contributed by atoms with Crippen LogP contribution in [0.2, 0.25) is 0 Å². The Morgan fingerprint density at radius 2 is 2.05 bits per heavy atom. The summed E-state index contributed by atoms with van der Waals surface area (Å²) in [5.74, 6) is -1.25. The number of carboxylic acids is 1. The van der Waals surface area contributed by atoms with Gasteiger partial charge in [0.05, 0.1) is 16.9 Å². The van der Waals surface area contributed by atoms with E-state index in [4.69, 9.17) is 5.11 Å². The number of carbonyl (C=O) groups excluding carboxylic acids is 1. The third-order valence-corrected chi connectivity index (χ3v) is 3.54. The average molecular weight is 352 g/mol. The van der Waals surface area contributed by atoms with E-state index in [1.807, 2.05) is 19.9 Å². The predicted molar refractivity (Wildman–Crippen MR) is 81.4 cm³/mol. The second-order valence-electron chi connectivity index (χ2n) is 4.63. The number of hydrogen-bond acceptors (Lipinski definition) is 3. The number of carboxylic acid groups (broad SMARTS) is 1. The van der Waals surface area contributed by atoms with Crippen LogP contribution in [-0.2, 0) is 11.3 Å². The van der Waals surface area contributed by atoms with E-state index in [9.17, 15) is 9.59 Å². The molecule has 0 unspecified atom stereocenters. The number of aryl methyl sites for hydroxylation is 2. The maximum absolute atomic E-state index is 12.0. The van der Waals surface area contributed by atoms with Crippen molar-refractivity contribution in [2.75, 3.05) is 5.32 Å². The normalized spacial score (nSPS) is 10.4. The van der Waals surface area contributed by atoms with Gasteiger partial charge in [0, 0.05) is 10.2 Å². The highest BCUT2D eigenvalue weighted by atomic mass is 79.9. The van der Waals surface area contributed by atoms with Crippen molar-refractivity contribution in [3.63, 3.8) is 0 Å². The Morgan fingerprint density at radius 1 is 1.33 bits per heavy atom. The number of aromatic carboxylic acids is 1. The molecular formula is C14H14BrN3O3. The van der Waals surface area contributed by atoms with Gasteiger partial charge in [0.15, 0.2) is 0 Å². The lowest BCUT2D eigenvalue weighted by Gasteiger charge is -2.09. The van der Waals surface area contributed by atoms with Crippen LogP contribution in [0.25, 0.3) is 0 Å². The third kappa shape index (κ3) is 3.69. The molecule has 21 heavy (non-hydrogen) atoms. The molecule has 0 aliphatic rings. The monoisotopic (exact) mass is 351 g/mol. The largest absolute Gasteiger partial charge is 0.478 e. The maximum atomic E-state index is 12.0. The number of aromatic nitrogens is 2. The Kier molecular flexibility index (Phi) is 4.42. The zero-order valence-electron chi connectivity index (χ0n) is 11.6. The average Bonchev–Trinajstić information content (AvgIpc) is 2.70. The molecule has 1 aromatic carbocycles. The van der Waals surface area contributed by atoms with Gasteiger partial charge in [0.2, 0.25) is 5.91 Å². The summed E-state index contributed by atoms with van der Waals surface area (Å²) >= 11 is 3.25. The minimum absolute atomic E-state index is 0.104. The van der Waals surface area contributed by atoms with E-state index in [0.29, 0.717) is 10.2 Å². The molecule has 0 saturated heterocycles. The van der Waals surface area contributed by atoms with Crippen LogP contribution in [0.1, 0.15) is 21.7 Å². The summed E-state index contributed by atoms with van der Waals surface area (Å²) in [6.45, 7) is 3.85. The number of nitrogens with one attached hydrogen (secondary N) is 1. The SMILES string of the molecule is Cc1cc(C)n(CC(=O)Nc2ccc(C(=O)O)cc2Br)n1. The Balaban J connectivity index is 2.09. The zero-order chi connectivity index (χ0) is 15.6. The van der Waals surface area contributed by atoms with Gasteiger partial charge in [-0.3, -0.25) is 9.48 Å². The van der Waals surface area contributed by atoms with Gasteiger partial charge in [-0.25, -0.2) is 4.79 Å². The van der Waals surface area contributed by atoms with E-state index in [1.54, 1.807) is 10.7 Å². The molecule has 2 N–H and O–H groups in total. The van der Waals surface area contributed by atoms with Crippen LogP contribution in [-0.4, -0.2) is 26.8 Å². The number of rotatable bonds is 4. The van der Waals surface area contributed by atoms with Gasteiger partial charge in [-0.15, -0.1) is 0 Å². The number of halogens is 1. The molecule has 0 radical (unpaired) electrons. The Hall–Kier alpha value is -2.15. The van der Waals surface area contributed by atoms with Crippen LogP contribution in [0, 0.1) is 13.8 Å². The Bertz CT molecular complexity index is 709. The lowest BCUT2D eigenvalue weighted by Crippen LogP contribution is -2.20. The molecule has 1 amide bonds. The van der Waals surface area contributed by atoms with Crippen molar-refractivity contribution in [2.45, 2.75) is 20.4 Å². The topological polar surface area (TPSA) is 84.2 Å². The molecule has 2 rings (SSSR count). The summed E-state index contributed by atoms with van der Waals surface area (Å²) in [6, 6.07) is 6.32. The van der Waals surface area contributed by atoms with E-state index >= 15 is 0 Å². The van der Waals surface area contributed by atoms with E-state index in [1.165, 1.54) is 12.1 Å². The molecule has 110 valence electrons. The summed E-state index contributed by atoms with van der Waals surface area (Å²) in [4.78, 5) is 22.9. The van der Waals surface area contributed by atoms with Crippen molar-refractivity contribution < 1.29 is 14.7 Å². The number of carbonyl (C=O) groups is 2.